The predicted octanol–water partition coefficient (Wildman–Crippen LogP) is 7.51. The summed E-state index contributed by atoms with van der Waals surface area (Å²) in [6.07, 6.45) is 2.25. The molecule has 38 heavy (non-hydrogen) atoms. The van der Waals surface area contributed by atoms with Crippen LogP contribution in [0.5, 0.6) is 5.75 Å². The average Bonchev–Trinajstić information content (AvgIpc) is 3.20. The second-order valence-corrected chi connectivity index (χ2v) is 13.2. The zero-order valence-electron chi connectivity index (χ0n) is 23.5. The van der Waals surface area contributed by atoms with Gasteiger partial charge >= 0.3 is 5.97 Å². The van der Waals surface area contributed by atoms with E-state index in [4.69, 9.17) is 24.2 Å². The normalized spacial score (nSPS) is 14.5. The number of pyridine rings is 1. The summed E-state index contributed by atoms with van der Waals surface area (Å²) in [4.78, 5) is 22.5. The molecule has 200 valence electrons. The molecule has 1 atom stereocenters. The maximum Gasteiger partial charge on any atom is 0.311 e. The average molecular weight is 533 g/mol. The van der Waals surface area contributed by atoms with Crippen LogP contribution in [-0.4, -0.2) is 34.8 Å². The third kappa shape index (κ3) is 5.02. The van der Waals surface area contributed by atoms with Crippen molar-refractivity contribution in [1.29, 1.82) is 0 Å². The first-order valence-electron chi connectivity index (χ1n) is 13.1. The van der Waals surface area contributed by atoms with Gasteiger partial charge in [0.25, 0.3) is 0 Å². The van der Waals surface area contributed by atoms with Crippen molar-refractivity contribution in [2.45, 2.75) is 73.5 Å². The smallest absolute Gasteiger partial charge is 0.311 e. The van der Waals surface area contributed by atoms with Crippen LogP contribution in [0.1, 0.15) is 69.3 Å². The monoisotopic (exact) mass is 532 g/mol. The minimum absolute atomic E-state index is 0.113. The summed E-state index contributed by atoms with van der Waals surface area (Å²) in [6.45, 7) is 16.6. The molecule has 4 aromatic rings. The summed E-state index contributed by atoms with van der Waals surface area (Å²) in [7, 11) is 0. The van der Waals surface area contributed by atoms with E-state index in [1.807, 2.05) is 60.7 Å². The lowest BCUT2D eigenvalue weighted by molar-refractivity contribution is -0.162. The third-order valence-corrected chi connectivity index (χ3v) is 7.67. The van der Waals surface area contributed by atoms with Crippen molar-refractivity contribution in [2.24, 2.45) is 5.41 Å². The fourth-order valence-corrected chi connectivity index (χ4v) is 6.05. The van der Waals surface area contributed by atoms with Gasteiger partial charge in [-0.15, -0.1) is 11.3 Å². The van der Waals surface area contributed by atoms with Gasteiger partial charge in [0.15, 0.2) is 0 Å². The van der Waals surface area contributed by atoms with Crippen LogP contribution in [0, 0.1) is 19.3 Å². The summed E-state index contributed by atoms with van der Waals surface area (Å²) in [5.74, 6) is 0.611. The Hall–Kier alpha value is -3.03. The fourth-order valence-electron chi connectivity index (χ4n) is 5.08. The van der Waals surface area contributed by atoms with E-state index in [0.29, 0.717) is 6.61 Å². The second-order valence-electron chi connectivity index (χ2n) is 12.0. The standard InChI is InChI=1S/C31H36N2O4S/c1-17-15-21-28(38-18(2)33-21)26(20-9-10-22-25-19(12-14-35-22)11-13-32-27(20)25)24(17)23(37-31(6,7)8)16-36-29(34)30(3,4)5/h9-11,13,15,23H,12,14,16H2,1-8H3/t23-/m1/s1. The molecule has 1 aliphatic heterocycles. The van der Waals surface area contributed by atoms with Crippen LogP contribution >= 0.6 is 11.3 Å². The third-order valence-electron chi connectivity index (χ3n) is 6.67. The largest absolute Gasteiger partial charge is 0.493 e. The number of fused-ring (bicyclic) bond motifs is 1. The Bertz CT molecular complexity index is 1530. The molecule has 0 amide bonds. The Morgan fingerprint density at radius 1 is 1.13 bits per heavy atom. The van der Waals surface area contributed by atoms with E-state index in [1.165, 1.54) is 5.56 Å². The van der Waals surface area contributed by atoms with Gasteiger partial charge in [0.05, 0.1) is 38.4 Å². The van der Waals surface area contributed by atoms with Gasteiger partial charge in [0.2, 0.25) is 0 Å². The molecule has 3 heterocycles. The van der Waals surface area contributed by atoms with Crippen molar-refractivity contribution < 1.29 is 19.0 Å². The molecule has 0 saturated carbocycles. The van der Waals surface area contributed by atoms with Crippen LogP contribution in [0.4, 0.5) is 0 Å². The van der Waals surface area contributed by atoms with E-state index in [1.54, 1.807) is 11.3 Å². The molecule has 0 saturated heterocycles. The van der Waals surface area contributed by atoms with Gasteiger partial charge in [-0.3, -0.25) is 9.78 Å². The molecule has 2 aromatic carbocycles. The van der Waals surface area contributed by atoms with Gasteiger partial charge in [-0.25, -0.2) is 4.98 Å². The predicted molar refractivity (Wildman–Crippen MR) is 153 cm³/mol. The lowest BCUT2D eigenvalue weighted by atomic mass is 9.89. The van der Waals surface area contributed by atoms with Crippen molar-refractivity contribution in [1.82, 2.24) is 9.97 Å². The molecule has 7 heteroatoms. The van der Waals surface area contributed by atoms with Crippen molar-refractivity contribution in [3.05, 3.63) is 52.2 Å². The molecular weight excluding hydrogens is 496 g/mol. The topological polar surface area (TPSA) is 70.5 Å². The number of aromatic nitrogens is 2. The molecule has 1 aliphatic rings. The number of hydrogen-bond acceptors (Lipinski definition) is 7. The number of esters is 1. The van der Waals surface area contributed by atoms with E-state index < -0.39 is 17.1 Å². The molecule has 0 unspecified atom stereocenters. The summed E-state index contributed by atoms with van der Waals surface area (Å²) >= 11 is 1.66. The maximum absolute atomic E-state index is 12.8. The highest BCUT2D eigenvalue weighted by atomic mass is 32.1. The zero-order chi connectivity index (χ0) is 27.4. The number of carbonyl (C=O) groups is 1. The molecule has 0 bridgehead atoms. The number of hydrogen-bond donors (Lipinski definition) is 0. The molecule has 0 N–H and O–H groups in total. The van der Waals surface area contributed by atoms with E-state index in [-0.39, 0.29) is 12.6 Å². The first-order valence-corrected chi connectivity index (χ1v) is 13.9. The van der Waals surface area contributed by atoms with Crippen molar-refractivity contribution in [2.75, 3.05) is 13.2 Å². The van der Waals surface area contributed by atoms with Crippen molar-refractivity contribution in [3.8, 4) is 16.9 Å². The van der Waals surface area contributed by atoms with Crippen molar-refractivity contribution in [3.63, 3.8) is 0 Å². The summed E-state index contributed by atoms with van der Waals surface area (Å²) in [5, 5.41) is 2.05. The number of nitrogens with zero attached hydrogens (tertiary/aromatic N) is 2. The highest BCUT2D eigenvalue weighted by Crippen LogP contribution is 2.46. The number of benzene rings is 2. The first kappa shape index (κ1) is 26.6. The minimum atomic E-state index is -0.608. The van der Waals surface area contributed by atoms with Crippen LogP contribution in [0.2, 0.25) is 0 Å². The molecule has 5 rings (SSSR count). The zero-order valence-corrected chi connectivity index (χ0v) is 24.3. The molecule has 0 fully saturated rings. The lowest BCUT2D eigenvalue weighted by Gasteiger charge is -2.31. The van der Waals surface area contributed by atoms with E-state index in [9.17, 15) is 4.79 Å². The maximum atomic E-state index is 12.8. The Balaban J connectivity index is 1.78. The second kappa shape index (κ2) is 9.62. The molecule has 6 nitrogen and oxygen atoms in total. The highest BCUT2D eigenvalue weighted by molar-refractivity contribution is 7.19. The quantitative estimate of drug-likeness (QED) is 0.248. The van der Waals surface area contributed by atoms with Crippen LogP contribution in [0.3, 0.4) is 0 Å². The van der Waals surface area contributed by atoms with Gasteiger partial charge in [0.1, 0.15) is 18.5 Å². The van der Waals surface area contributed by atoms with Crippen molar-refractivity contribution >= 4 is 38.4 Å². The Labute approximate surface area is 228 Å². The Morgan fingerprint density at radius 3 is 2.61 bits per heavy atom. The summed E-state index contributed by atoms with van der Waals surface area (Å²) < 4.78 is 19.6. The van der Waals surface area contributed by atoms with Gasteiger partial charge in [-0.1, -0.05) is 0 Å². The molecular formula is C31H36N2O4S. The summed E-state index contributed by atoms with van der Waals surface area (Å²) in [6, 6.07) is 8.35. The fraction of sp³-hybridized carbons (Fsp3) is 0.452. The van der Waals surface area contributed by atoms with Crippen LogP contribution in [0.15, 0.2) is 30.5 Å². The molecule has 0 aliphatic carbocycles. The van der Waals surface area contributed by atoms with Crippen LogP contribution < -0.4 is 4.74 Å². The number of thiazole rings is 1. The molecule has 2 aromatic heterocycles. The van der Waals surface area contributed by atoms with E-state index in [2.05, 4.69) is 25.1 Å². The van der Waals surface area contributed by atoms with Gasteiger partial charge in [0, 0.05) is 29.1 Å². The van der Waals surface area contributed by atoms with Gasteiger partial charge in [-0.05, 0) is 96.3 Å². The van der Waals surface area contributed by atoms with Crippen LogP contribution in [-0.2, 0) is 20.7 Å². The first-order chi connectivity index (χ1) is 17.8. The SMILES string of the molecule is Cc1nc2cc(C)c([C@@H](COC(=O)C(C)(C)C)OC(C)(C)C)c(-c3ccc4c5c(ccnc35)CCO4)c2s1. The van der Waals surface area contributed by atoms with Crippen LogP contribution in [0.25, 0.3) is 32.2 Å². The van der Waals surface area contributed by atoms with E-state index in [0.717, 1.165) is 60.6 Å². The number of carbonyl (C=O) groups excluding carboxylic acids is 1. The van der Waals surface area contributed by atoms with E-state index >= 15 is 0 Å². The molecule has 0 radical (unpaired) electrons. The number of rotatable bonds is 5. The highest BCUT2D eigenvalue weighted by Gasteiger charge is 2.32. The number of aryl methyl sites for hydroxylation is 2. The minimum Gasteiger partial charge on any atom is -0.493 e. The Morgan fingerprint density at radius 2 is 1.89 bits per heavy atom. The Kier molecular flexibility index (Phi) is 6.72. The summed E-state index contributed by atoms with van der Waals surface area (Å²) in [5.41, 5.74) is 6.09. The van der Waals surface area contributed by atoms with Gasteiger partial charge < -0.3 is 14.2 Å². The van der Waals surface area contributed by atoms with Gasteiger partial charge in [-0.2, -0.15) is 0 Å². The molecule has 0 spiro atoms. The number of ether oxygens (including phenoxy) is 3. The lowest BCUT2D eigenvalue weighted by Crippen LogP contribution is -2.30.